The maximum Gasteiger partial charge on any atom is 0.0702 e. The lowest BCUT2D eigenvalue weighted by Gasteiger charge is -1.99. The van der Waals surface area contributed by atoms with E-state index in [1.165, 1.54) is 0 Å². The number of halogens is 1. The molecule has 0 aliphatic heterocycles. The minimum Gasteiger partial charge on any atom is -0.256 e. The molecular formula is C15H20BrN. The minimum atomic E-state index is 1.00. The van der Waals surface area contributed by atoms with Crippen molar-refractivity contribution in [2.45, 2.75) is 27.7 Å². The standard InChI is InChI=1S/C11H8BrN.2C2H6/c12-10-5-3-4-9(8-10)11-6-1-2-7-13-11;2*1-2/h1-8H;2*1-2H3. The summed E-state index contributed by atoms with van der Waals surface area (Å²) in [5.74, 6) is 0. The number of nitrogens with zero attached hydrogens (tertiary/aromatic N) is 1. The average molecular weight is 294 g/mol. The smallest absolute Gasteiger partial charge is 0.0702 e. The van der Waals surface area contributed by atoms with E-state index in [9.17, 15) is 0 Å². The maximum absolute atomic E-state index is 4.27. The van der Waals surface area contributed by atoms with Gasteiger partial charge in [-0.3, -0.25) is 4.98 Å². The Hall–Kier alpha value is -1.15. The van der Waals surface area contributed by atoms with Gasteiger partial charge < -0.3 is 0 Å². The van der Waals surface area contributed by atoms with Gasteiger partial charge in [-0.25, -0.2) is 0 Å². The lowest BCUT2D eigenvalue weighted by Crippen LogP contribution is -1.80. The van der Waals surface area contributed by atoms with Crippen LogP contribution in [0.2, 0.25) is 0 Å². The molecule has 2 aromatic rings. The van der Waals surface area contributed by atoms with E-state index < -0.39 is 0 Å². The molecule has 17 heavy (non-hydrogen) atoms. The van der Waals surface area contributed by atoms with E-state index in [0.29, 0.717) is 0 Å². The van der Waals surface area contributed by atoms with Crippen LogP contribution in [0.1, 0.15) is 27.7 Å². The van der Waals surface area contributed by atoms with Crippen LogP contribution >= 0.6 is 15.9 Å². The van der Waals surface area contributed by atoms with Gasteiger partial charge in [-0.2, -0.15) is 0 Å². The summed E-state index contributed by atoms with van der Waals surface area (Å²) in [6, 6.07) is 14.0. The molecule has 92 valence electrons. The number of pyridine rings is 1. The second kappa shape index (κ2) is 10.0. The van der Waals surface area contributed by atoms with Gasteiger partial charge in [0.05, 0.1) is 5.69 Å². The molecule has 0 saturated carbocycles. The molecule has 0 fully saturated rings. The second-order valence-corrected chi connectivity index (χ2v) is 3.64. The van der Waals surface area contributed by atoms with E-state index in [4.69, 9.17) is 0 Å². The Labute approximate surface area is 113 Å². The Balaban J connectivity index is 0.000000581. The summed E-state index contributed by atoms with van der Waals surface area (Å²) in [6.45, 7) is 8.00. The molecule has 2 heteroatoms. The average Bonchev–Trinajstić information content (AvgIpc) is 2.44. The predicted molar refractivity (Wildman–Crippen MR) is 80.1 cm³/mol. The van der Waals surface area contributed by atoms with Crippen LogP contribution in [0.15, 0.2) is 53.1 Å². The fraction of sp³-hybridized carbons (Fsp3) is 0.267. The normalized spacial score (nSPS) is 8.29. The zero-order valence-corrected chi connectivity index (χ0v) is 12.5. The molecule has 1 heterocycles. The predicted octanol–water partition coefficient (Wildman–Crippen LogP) is 5.56. The van der Waals surface area contributed by atoms with Crippen LogP contribution in [0.3, 0.4) is 0 Å². The fourth-order valence-corrected chi connectivity index (χ4v) is 1.58. The van der Waals surface area contributed by atoms with Crippen LogP contribution in [0.5, 0.6) is 0 Å². The Morgan fingerprint density at radius 1 is 0.882 bits per heavy atom. The summed E-state index contributed by atoms with van der Waals surface area (Å²) in [4.78, 5) is 4.27. The third-order valence-corrected chi connectivity index (χ3v) is 2.28. The van der Waals surface area contributed by atoms with Crippen LogP contribution in [0, 0.1) is 0 Å². The molecule has 0 atom stereocenters. The molecule has 0 radical (unpaired) electrons. The molecule has 0 aliphatic rings. The van der Waals surface area contributed by atoms with Crippen LogP contribution in [0.25, 0.3) is 11.3 Å². The fourth-order valence-electron chi connectivity index (χ4n) is 1.18. The zero-order chi connectivity index (χ0) is 13.1. The summed E-state index contributed by atoms with van der Waals surface area (Å²) in [5, 5.41) is 0. The van der Waals surface area contributed by atoms with Crippen LogP contribution in [0.4, 0.5) is 0 Å². The summed E-state index contributed by atoms with van der Waals surface area (Å²) >= 11 is 3.43. The maximum atomic E-state index is 4.27. The second-order valence-electron chi connectivity index (χ2n) is 2.73. The van der Waals surface area contributed by atoms with Crippen molar-refractivity contribution in [1.82, 2.24) is 4.98 Å². The number of aromatic nitrogens is 1. The van der Waals surface area contributed by atoms with Gasteiger partial charge in [0.1, 0.15) is 0 Å². The molecule has 1 nitrogen and oxygen atoms in total. The highest BCUT2D eigenvalue weighted by atomic mass is 79.9. The topological polar surface area (TPSA) is 12.9 Å². The van der Waals surface area contributed by atoms with Gasteiger partial charge in [0, 0.05) is 16.2 Å². The highest BCUT2D eigenvalue weighted by molar-refractivity contribution is 9.10. The van der Waals surface area contributed by atoms with Crippen molar-refractivity contribution < 1.29 is 0 Å². The summed E-state index contributed by atoms with van der Waals surface area (Å²) in [7, 11) is 0. The van der Waals surface area contributed by atoms with E-state index in [2.05, 4.69) is 27.0 Å². The highest BCUT2D eigenvalue weighted by Gasteiger charge is 1.96. The largest absolute Gasteiger partial charge is 0.256 e. The molecule has 0 bridgehead atoms. The highest BCUT2D eigenvalue weighted by Crippen LogP contribution is 2.20. The quantitative estimate of drug-likeness (QED) is 0.670. The van der Waals surface area contributed by atoms with Crippen molar-refractivity contribution in [3.8, 4) is 11.3 Å². The summed E-state index contributed by atoms with van der Waals surface area (Å²) in [6.07, 6.45) is 1.80. The Bertz CT molecular complexity index is 399. The SMILES string of the molecule is Brc1cccc(-c2ccccn2)c1.CC.CC. The molecule has 0 saturated heterocycles. The molecule has 0 aliphatic carbocycles. The molecule has 0 spiro atoms. The van der Waals surface area contributed by atoms with Gasteiger partial charge in [-0.15, -0.1) is 0 Å². The monoisotopic (exact) mass is 293 g/mol. The summed E-state index contributed by atoms with van der Waals surface area (Å²) < 4.78 is 1.08. The molecule has 1 aromatic carbocycles. The first-order valence-corrected chi connectivity index (χ1v) is 6.82. The number of hydrogen-bond acceptors (Lipinski definition) is 1. The lowest BCUT2D eigenvalue weighted by atomic mass is 10.1. The molecule has 1 aromatic heterocycles. The van der Waals surface area contributed by atoms with Gasteiger partial charge >= 0.3 is 0 Å². The van der Waals surface area contributed by atoms with E-state index >= 15 is 0 Å². The molecular weight excluding hydrogens is 274 g/mol. The number of benzene rings is 1. The minimum absolute atomic E-state index is 1.00. The van der Waals surface area contributed by atoms with Gasteiger partial charge in [0.25, 0.3) is 0 Å². The van der Waals surface area contributed by atoms with Crippen molar-refractivity contribution in [1.29, 1.82) is 0 Å². The van der Waals surface area contributed by atoms with Gasteiger partial charge in [-0.05, 0) is 24.3 Å². The van der Waals surface area contributed by atoms with Crippen LogP contribution in [-0.2, 0) is 0 Å². The van der Waals surface area contributed by atoms with Gasteiger partial charge in [0.2, 0.25) is 0 Å². The Morgan fingerprint density at radius 2 is 1.59 bits per heavy atom. The first-order valence-electron chi connectivity index (χ1n) is 6.03. The van der Waals surface area contributed by atoms with E-state index in [-0.39, 0.29) is 0 Å². The Morgan fingerprint density at radius 3 is 2.12 bits per heavy atom. The first kappa shape index (κ1) is 15.9. The third kappa shape index (κ3) is 5.64. The zero-order valence-electron chi connectivity index (χ0n) is 10.9. The van der Waals surface area contributed by atoms with Crippen molar-refractivity contribution >= 4 is 15.9 Å². The Kier molecular flexibility index (Phi) is 9.35. The molecule has 0 N–H and O–H groups in total. The van der Waals surface area contributed by atoms with Gasteiger partial charge in [0.15, 0.2) is 0 Å². The van der Waals surface area contributed by atoms with E-state index in [0.717, 1.165) is 15.7 Å². The first-order chi connectivity index (χ1) is 8.36. The lowest BCUT2D eigenvalue weighted by molar-refractivity contribution is 1.32. The van der Waals surface area contributed by atoms with Crippen molar-refractivity contribution in [2.75, 3.05) is 0 Å². The van der Waals surface area contributed by atoms with Crippen molar-refractivity contribution in [3.05, 3.63) is 53.1 Å². The van der Waals surface area contributed by atoms with Crippen molar-refractivity contribution in [3.63, 3.8) is 0 Å². The molecule has 2 rings (SSSR count). The van der Waals surface area contributed by atoms with Crippen LogP contribution < -0.4 is 0 Å². The van der Waals surface area contributed by atoms with E-state index in [1.807, 2.05) is 64.1 Å². The number of rotatable bonds is 1. The molecule has 0 unspecified atom stereocenters. The summed E-state index contributed by atoms with van der Waals surface area (Å²) in [5.41, 5.74) is 2.14. The van der Waals surface area contributed by atoms with Crippen LogP contribution in [-0.4, -0.2) is 4.98 Å². The van der Waals surface area contributed by atoms with E-state index in [1.54, 1.807) is 6.20 Å². The third-order valence-electron chi connectivity index (χ3n) is 1.79. The van der Waals surface area contributed by atoms with Crippen molar-refractivity contribution in [2.24, 2.45) is 0 Å². The number of hydrogen-bond donors (Lipinski definition) is 0. The van der Waals surface area contributed by atoms with Gasteiger partial charge in [-0.1, -0.05) is 61.8 Å². The molecule has 0 amide bonds.